The van der Waals surface area contributed by atoms with E-state index in [9.17, 15) is 18.0 Å². The molecule has 0 N–H and O–H groups in total. The molecule has 1 aromatic rings. The second kappa shape index (κ2) is 5.06. The third-order valence-electron chi connectivity index (χ3n) is 1.43. The van der Waals surface area contributed by atoms with Gasteiger partial charge in [0.25, 0.3) is 0 Å². The molecular formula is C9H6F3O2S. The van der Waals surface area contributed by atoms with Crippen molar-refractivity contribution in [1.82, 2.24) is 0 Å². The molecule has 0 atom stereocenters. The van der Waals surface area contributed by atoms with Crippen molar-refractivity contribution in [1.29, 1.82) is 0 Å². The van der Waals surface area contributed by atoms with Gasteiger partial charge in [-0.3, -0.25) is 0 Å². The van der Waals surface area contributed by atoms with Crippen LogP contribution in [0, 0.1) is 0 Å². The zero-order chi connectivity index (χ0) is 11.3. The van der Waals surface area contributed by atoms with Crippen LogP contribution in [0.2, 0.25) is 0 Å². The van der Waals surface area contributed by atoms with Crippen LogP contribution in [0.15, 0.2) is 29.2 Å². The smallest absolute Gasteiger partial charge is 0.446 e. The van der Waals surface area contributed by atoms with Crippen LogP contribution >= 0.6 is 11.8 Å². The number of rotatable bonds is 4. The summed E-state index contributed by atoms with van der Waals surface area (Å²) in [7, 11) is 0. The monoisotopic (exact) mass is 235 g/mol. The highest BCUT2D eigenvalue weighted by molar-refractivity contribution is 8.00. The second-order valence-electron chi connectivity index (χ2n) is 2.57. The van der Waals surface area contributed by atoms with E-state index in [1.54, 1.807) is 6.07 Å². The number of thioether (sulfide) groups is 1. The van der Waals surface area contributed by atoms with Crippen LogP contribution in [0.25, 0.3) is 0 Å². The van der Waals surface area contributed by atoms with E-state index in [0.717, 1.165) is 0 Å². The molecular weight excluding hydrogens is 229 g/mol. The maximum atomic E-state index is 12.0. The Bertz CT molecular complexity index is 338. The Balaban J connectivity index is 2.69. The summed E-state index contributed by atoms with van der Waals surface area (Å²) in [5, 5.41) is 0. The maximum absolute atomic E-state index is 12.0. The summed E-state index contributed by atoms with van der Waals surface area (Å²) in [4.78, 5) is 9.82. The van der Waals surface area contributed by atoms with E-state index in [-0.39, 0.29) is 23.3 Å². The van der Waals surface area contributed by atoms with Gasteiger partial charge >= 0.3 is 12.0 Å². The van der Waals surface area contributed by atoms with Gasteiger partial charge in [0.1, 0.15) is 6.61 Å². The zero-order valence-electron chi connectivity index (χ0n) is 7.38. The molecule has 1 aromatic carbocycles. The summed E-state index contributed by atoms with van der Waals surface area (Å²) >= 11 is -0.206. The highest BCUT2D eigenvalue weighted by atomic mass is 32.2. The van der Waals surface area contributed by atoms with E-state index in [4.69, 9.17) is 0 Å². The number of hydrogen-bond donors (Lipinski definition) is 0. The van der Waals surface area contributed by atoms with Crippen LogP contribution in [0.3, 0.4) is 0 Å². The molecule has 0 fully saturated rings. The van der Waals surface area contributed by atoms with E-state index in [1.807, 2.05) is 0 Å². The maximum Gasteiger partial charge on any atom is 0.446 e. The summed E-state index contributed by atoms with van der Waals surface area (Å²) in [6.45, 7) is 1.13. The van der Waals surface area contributed by atoms with E-state index in [1.165, 1.54) is 24.7 Å². The highest BCUT2D eigenvalue weighted by Gasteiger charge is 2.29. The van der Waals surface area contributed by atoms with Crippen LogP contribution in [-0.2, 0) is 16.1 Å². The van der Waals surface area contributed by atoms with Crippen molar-refractivity contribution < 1.29 is 22.7 Å². The molecule has 0 bridgehead atoms. The van der Waals surface area contributed by atoms with Crippen molar-refractivity contribution in [2.24, 2.45) is 0 Å². The van der Waals surface area contributed by atoms with Crippen molar-refractivity contribution in [2.75, 3.05) is 0 Å². The molecule has 0 saturated carbocycles. The minimum atomic E-state index is -4.31. The Morgan fingerprint density at radius 1 is 1.40 bits per heavy atom. The van der Waals surface area contributed by atoms with Gasteiger partial charge in [-0.2, -0.15) is 13.2 Å². The lowest BCUT2D eigenvalue weighted by atomic mass is 10.2. The number of halogens is 3. The molecule has 6 heteroatoms. The van der Waals surface area contributed by atoms with Crippen molar-refractivity contribution >= 4 is 18.2 Å². The molecule has 15 heavy (non-hydrogen) atoms. The predicted molar refractivity (Wildman–Crippen MR) is 48.8 cm³/mol. The Kier molecular flexibility index (Phi) is 4.02. The molecule has 1 radical (unpaired) electrons. The first-order valence-electron chi connectivity index (χ1n) is 3.85. The summed E-state index contributed by atoms with van der Waals surface area (Å²) in [6, 6.07) is 5.69. The van der Waals surface area contributed by atoms with Gasteiger partial charge in [0.05, 0.1) is 0 Å². The molecule has 0 aliphatic carbocycles. The summed E-state index contributed by atoms with van der Waals surface area (Å²) in [5.74, 6) is 0. The highest BCUT2D eigenvalue weighted by Crippen LogP contribution is 2.36. The minimum Gasteiger partial charge on any atom is -0.452 e. The fourth-order valence-electron chi connectivity index (χ4n) is 0.945. The number of benzene rings is 1. The molecule has 0 spiro atoms. The first kappa shape index (κ1) is 11.9. The van der Waals surface area contributed by atoms with Gasteiger partial charge in [0.2, 0.25) is 0 Å². The van der Waals surface area contributed by atoms with Crippen molar-refractivity contribution in [3.63, 3.8) is 0 Å². The minimum absolute atomic E-state index is 0.0644. The molecule has 2 nitrogen and oxygen atoms in total. The Morgan fingerprint density at radius 2 is 2.13 bits per heavy atom. The largest absolute Gasteiger partial charge is 0.452 e. The van der Waals surface area contributed by atoms with Crippen molar-refractivity contribution in [3.8, 4) is 0 Å². The number of alkyl halides is 3. The van der Waals surface area contributed by atoms with Gasteiger partial charge in [0, 0.05) is 4.90 Å². The summed E-state index contributed by atoms with van der Waals surface area (Å²) in [5.41, 5.74) is -3.82. The topological polar surface area (TPSA) is 26.3 Å². The predicted octanol–water partition coefficient (Wildman–Crippen LogP) is 2.88. The van der Waals surface area contributed by atoms with Crippen LogP contribution in [0.1, 0.15) is 5.56 Å². The molecule has 0 aliphatic rings. The molecule has 0 aromatic heterocycles. The Morgan fingerprint density at radius 3 is 2.73 bits per heavy atom. The van der Waals surface area contributed by atoms with Crippen molar-refractivity contribution in [3.05, 3.63) is 29.8 Å². The van der Waals surface area contributed by atoms with Gasteiger partial charge in [-0.1, -0.05) is 12.1 Å². The molecule has 81 valence electrons. The summed E-state index contributed by atoms with van der Waals surface area (Å²) in [6.07, 6.45) is 0. The van der Waals surface area contributed by atoms with Gasteiger partial charge in [0.15, 0.2) is 0 Å². The fraction of sp³-hybridized carbons (Fsp3) is 0.222. The third-order valence-corrected chi connectivity index (χ3v) is 2.15. The molecule has 0 amide bonds. The first-order valence-corrected chi connectivity index (χ1v) is 4.66. The Hall–Kier alpha value is -1.17. The quantitative estimate of drug-likeness (QED) is 0.750. The number of carbonyl (C=O) groups excluding carboxylic acids is 1. The number of ether oxygens (including phenoxy) is 1. The van der Waals surface area contributed by atoms with E-state index >= 15 is 0 Å². The molecule has 0 saturated heterocycles. The van der Waals surface area contributed by atoms with Crippen LogP contribution in [0.4, 0.5) is 13.2 Å². The molecule has 0 heterocycles. The van der Waals surface area contributed by atoms with Gasteiger partial charge < -0.3 is 4.74 Å². The SMILES string of the molecule is O=[C]OCc1cccc(SC(F)(F)F)c1. The van der Waals surface area contributed by atoms with E-state index < -0.39 is 5.51 Å². The van der Waals surface area contributed by atoms with E-state index in [0.29, 0.717) is 5.56 Å². The summed E-state index contributed by atoms with van der Waals surface area (Å²) < 4.78 is 40.3. The van der Waals surface area contributed by atoms with Crippen LogP contribution < -0.4 is 0 Å². The standard InChI is InChI=1S/C9H6F3O2S/c10-9(11,12)15-8-3-1-2-7(4-8)5-14-6-13/h1-4H,5H2. The van der Waals surface area contributed by atoms with Gasteiger partial charge in [-0.15, -0.1) is 0 Å². The van der Waals surface area contributed by atoms with Gasteiger partial charge in [-0.05, 0) is 29.5 Å². The molecule has 0 aliphatic heterocycles. The fourth-order valence-corrected chi connectivity index (χ4v) is 1.57. The molecule has 1 rings (SSSR count). The third kappa shape index (κ3) is 4.73. The van der Waals surface area contributed by atoms with Crippen molar-refractivity contribution in [2.45, 2.75) is 17.0 Å². The Labute approximate surface area is 88.4 Å². The lowest BCUT2D eigenvalue weighted by Gasteiger charge is -2.06. The average molecular weight is 235 g/mol. The lowest BCUT2D eigenvalue weighted by molar-refractivity contribution is -0.0328. The van der Waals surface area contributed by atoms with Gasteiger partial charge in [-0.25, -0.2) is 4.79 Å². The second-order valence-corrected chi connectivity index (χ2v) is 3.71. The average Bonchev–Trinajstić information content (AvgIpc) is 2.12. The van der Waals surface area contributed by atoms with Crippen LogP contribution in [0.5, 0.6) is 0 Å². The lowest BCUT2D eigenvalue weighted by Crippen LogP contribution is -1.99. The number of hydrogen-bond acceptors (Lipinski definition) is 3. The first-order chi connectivity index (χ1) is 7.01. The van der Waals surface area contributed by atoms with Crippen LogP contribution in [-0.4, -0.2) is 12.0 Å². The van der Waals surface area contributed by atoms with E-state index in [2.05, 4.69) is 4.74 Å². The normalized spacial score (nSPS) is 11.1. The molecule has 0 unspecified atom stereocenters. The zero-order valence-corrected chi connectivity index (χ0v) is 8.19.